The van der Waals surface area contributed by atoms with Gasteiger partial charge in [0.05, 0.1) is 23.5 Å². The number of nitrogens with zero attached hydrogens (tertiary/aromatic N) is 3. The molecule has 172 valence electrons. The van der Waals surface area contributed by atoms with Crippen LogP contribution in [-0.2, 0) is 0 Å². The first-order valence-electron chi connectivity index (χ1n) is 11.4. The molecule has 1 fully saturated rings. The number of para-hydroxylation sites is 2. The highest BCUT2D eigenvalue weighted by Crippen LogP contribution is 2.44. The number of benzene rings is 2. The average Bonchev–Trinajstić information content (AvgIpc) is 3.32. The Kier molecular flexibility index (Phi) is 5.62. The highest BCUT2D eigenvalue weighted by atomic mass is 32.1. The molecule has 34 heavy (non-hydrogen) atoms. The number of aromatic hydroxyl groups is 1. The molecule has 0 bridgehead atoms. The zero-order valence-corrected chi connectivity index (χ0v) is 20.6. The van der Waals surface area contributed by atoms with Gasteiger partial charge in [-0.15, -0.1) is 0 Å². The van der Waals surface area contributed by atoms with Gasteiger partial charge in [0.2, 0.25) is 0 Å². The summed E-state index contributed by atoms with van der Waals surface area (Å²) in [5.41, 5.74) is 8.48. The minimum atomic E-state index is -0.117. The molecule has 0 unspecified atom stereocenters. The molecule has 0 saturated carbocycles. The molecule has 4 aromatic rings. The first-order valence-corrected chi connectivity index (χ1v) is 11.8. The summed E-state index contributed by atoms with van der Waals surface area (Å²) in [6.45, 7) is 8.42. The van der Waals surface area contributed by atoms with Gasteiger partial charge in [-0.3, -0.25) is 4.98 Å². The predicted molar refractivity (Wildman–Crippen MR) is 141 cm³/mol. The van der Waals surface area contributed by atoms with Crippen molar-refractivity contribution < 1.29 is 5.11 Å². The van der Waals surface area contributed by atoms with Crippen LogP contribution in [0.15, 0.2) is 72.9 Å². The summed E-state index contributed by atoms with van der Waals surface area (Å²) in [6, 6.07) is 21.9. The van der Waals surface area contributed by atoms with Crippen LogP contribution in [0.25, 0.3) is 5.69 Å². The van der Waals surface area contributed by atoms with E-state index in [1.807, 2.05) is 42.6 Å². The fourth-order valence-electron chi connectivity index (χ4n) is 4.94. The van der Waals surface area contributed by atoms with E-state index in [1.165, 1.54) is 11.1 Å². The predicted octanol–water partition coefficient (Wildman–Crippen LogP) is 5.99. The van der Waals surface area contributed by atoms with Gasteiger partial charge in [-0.05, 0) is 99.1 Å². The lowest BCUT2D eigenvalue weighted by atomic mass is 9.96. The first kappa shape index (κ1) is 22.2. The molecule has 0 radical (unpaired) electrons. The molecule has 1 aliphatic heterocycles. The summed E-state index contributed by atoms with van der Waals surface area (Å²) in [4.78, 5) is 6.87. The number of hydrogen-bond acceptors (Lipinski definition) is 3. The Hall–Kier alpha value is -3.64. The Morgan fingerprint density at radius 3 is 2.38 bits per heavy atom. The quantitative estimate of drug-likeness (QED) is 0.361. The van der Waals surface area contributed by atoms with Gasteiger partial charge >= 0.3 is 0 Å². The zero-order valence-electron chi connectivity index (χ0n) is 19.8. The number of aryl methyl sites for hydroxylation is 3. The maximum absolute atomic E-state index is 10.6. The van der Waals surface area contributed by atoms with Crippen LogP contribution in [0.3, 0.4) is 0 Å². The number of hydrogen-bond donors (Lipinski definition) is 2. The fraction of sp³-hybridized carbons (Fsp3) is 0.214. The Morgan fingerprint density at radius 1 is 0.912 bits per heavy atom. The molecular formula is C28H28N4OS. The second-order valence-electron chi connectivity index (χ2n) is 8.92. The number of phenols is 1. The van der Waals surface area contributed by atoms with Crippen molar-refractivity contribution in [3.05, 3.63) is 107 Å². The van der Waals surface area contributed by atoms with E-state index in [0.29, 0.717) is 5.11 Å². The Balaban J connectivity index is 1.70. The van der Waals surface area contributed by atoms with Gasteiger partial charge < -0.3 is 19.9 Å². The highest BCUT2D eigenvalue weighted by Gasteiger charge is 2.42. The smallest absolute Gasteiger partial charge is 0.174 e. The van der Waals surface area contributed by atoms with Crippen LogP contribution in [0.5, 0.6) is 5.75 Å². The standard InChI is InChI=1S/C28H28N4OS/c1-17-12-13-21(15-18(17)2)32-27(26(30-28(32)34)23-9-7-8-14-29-23)22-16-19(3)31(20(22)4)24-10-5-6-11-25(24)33/h5-16,26-27,33H,1-4H3,(H,30,34)/t26-,27-/m0/s1. The van der Waals surface area contributed by atoms with Gasteiger partial charge in [-0.1, -0.05) is 24.3 Å². The molecule has 3 heterocycles. The molecule has 2 N–H and O–H groups in total. The van der Waals surface area contributed by atoms with Gasteiger partial charge in [0.25, 0.3) is 0 Å². The summed E-state index contributed by atoms with van der Waals surface area (Å²) in [7, 11) is 0. The minimum Gasteiger partial charge on any atom is -0.506 e. The molecule has 0 spiro atoms. The van der Waals surface area contributed by atoms with Crippen LogP contribution in [0.4, 0.5) is 5.69 Å². The highest BCUT2D eigenvalue weighted by molar-refractivity contribution is 7.80. The summed E-state index contributed by atoms with van der Waals surface area (Å²) in [5, 5.41) is 14.8. The van der Waals surface area contributed by atoms with Gasteiger partial charge in [0.1, 0.15) is 5.75 Å². The third-order valence-electron chi connectivity index (χ3n) is 6.78. The average molecular weight is 469 g/mol. The van der Waals surface area contributed by atoms with E-state index in [2.05, 4.69) is 71.7 Å². The van der Waals surface area contributed by atoms with Gasteiger partial charge in [0.15, 0.2) is 5.11 Å². The monoisotopic (exact) mass is 468 g/mol. The molecule has 0 amide bonds. The first-order chi connectivity index (χ1) is 16.4. The van der Waals surface area contributed by atoms with Crippen molar-refractivity contribution in [2.24, 2.45) is 0 Å². The molecule has 2 aromatic heterocycles. The van der Waals surface area contributed by atoms with Gasteiger partial charge in [-0.2, -0.15) is 0 Å². The maximum atomic E-state index is 10.6. The van der Waals surface area contributed by atoms with E-state index in [1.54, 1.807) is 6.07 Å². The van der Waals surface area contributed by atoms with Crippen molar-refractivity contribution in [1.82, 2.24) is 14.9 Å². The van der Waals surface area contributed by atoms with Gasteiger partial charge in [-0.25, -0.2) is 0 Å². The molecule has 5 nitrogen and oxygen atoms in total. The van der Waals surface area contributed by atoms with Crippen LogP contribution >= 0.6 is 12.2 Å². The molecule has 1 saturated heterocycles. The molecular weight excluding hydrogens is 440 g/mol. The number of rotatable bonds is 4. The largest absolute Gasteiger partial charge is 0.506 e. The minimum absolute atomic E-state index is 0.102. The van der Waals surface area contributed by atoms with Crippen LogP contribution in [0.1, 0.15) is 45.9 Å². The molecule has 5 rings (SSSR count). The van der Waals surface area contributed by atoms with Crippen molar-refractivity contribution in [1.29, 1.82) is 0 Å². The van der Waals surface area contributed by atoms with E-state index in [0.717, 1.165) is 34.0 Å². The summed E-state index contributed by atoms with van der Waals surface area (Å²) >= 11 is 5.89. The normalized spacial score (nSPS) is 17.8. The second-order valence-corrected chi connectivity index (χ2v) is 9.30. The zero-order chi connectivity index (χ0) is 24.0. The Bertz CT molecular complexity index is 1380. The second kappa shape index (κ2) is 8.61. The third-order valence-corrected chi connectivity index (χ3v) is 7.09. The molecule has 0 aliphatic carbocycles. The van der Waals surface area contributed by atoms with E-state index in [-0.39, 0.29) is 17.8 Å². The molecule has 6 heteroatoms. The van der Waals surface area contributed by atoms with Crippen LogP contribution in [-0.4, -0.2) is 19.8 Å². The van der Waals surface area contributed by atoms with E-state index in [9.17, 15) is 5.11 Å². The van der Waals surface area contributed by atoms with Crippen molar-refractivity contribution in [2.45, 2.75) is 39.8 Å². The topological polar surface area (TPSA) is 53.3 Å². The number of nitrogens with one attached hydrogen (secondary N) is 1. The van der Waals surface area contributed by atoms with E-state index >= 15 is 0 Å². The van der Waals surface area contributed by atoms with Crippen molar-refractivity contribution in [2.75, 3.05) is 4.90 Å². The Morgan fingerprint density at radius 2 is 1.68 bits per heavy atom. The van der Waals surface area contributed by atoms with Crippen LogP contribution < -0.4 is 10.2 Å². The van der Waals surface area contributed by atoms with Crippen LogP contribution in [0.2, 0.25) is 0 Å². The lowest BCUT2D eigenvalue weighted by molar-refractivity contribution is 0.471. The third kappa shape index (κ3) is 3.64. The van der Waals surface area contributed by atoms with Crippen molar-refractivity contribution >= 4 is 23.0 Å². The molecule has 2 aromatic carbocycles. The van der Waals surface area contributed by atoms with Crippen LogP contribution in [0, 0.1) is 27.7 Å². The summed E-state index contributed by atoms with van der Waals surface area (Å²) < 4.78 is 2.11. The number of phenolic OH excluding ortho intramolecular Hbond substituents is 1. The lowest BCUT2D eigenvalue weighted by Gasteiger charge is -2.28. The van der Waals surface area contributed by atoms with Gasteiger partial charge in [0, 0.05) is 23.3 Å². The number of anilines is 1. The maximum Gasteiger partial charge on any atom is 0.174 e. The van der Waals surface area contributed by atoms with Crippen molar-refractivity contribution in [3.8, 4) is 11.4 Å². The molecule has 1 aliphatic rings. The number of aromatic nitrogens is 2. The van der Waals surface area contributed by atoms with Crippen molar-refractivity contribution in [3.63, 3.8) is 0 Å². The summed E-state index contributed by atoms with van der Waals surface area (Å²) in [5.74, 6) is 0.253. The lowest BCUT2D eigenvalue weighted by Crippen LogP contribution is -2.29. The van der Waals surface area contributed by atoms with E-state index in [4.69, 9.17) is 12.2 Å². The SMILES string of the molecule is Cc1ccc(N2C(=S)N[C@@H](c3ccccn3)[C@@H]2c2cc(C)n(-c3ccccc3O)c2C)cc1C. The summed E-state index contributed by atoms with van der Waals surface area (Å²) in [6.07, 6.45) is 1.82. The molecule has 2 atom stereocenters. The number of pyridine rings is 1. The fourth-order valence-corrected chi connectivity index (χ4v) is 5.28. The number of thiocarbonyl (C=S) groups is 1. The Labute approximate surface area is 205 Å². The van der Waals surface area contributed by atoms with E-state index < -0.39 is 0 Å².